The van der Waals surface area contributed by atoms with E-state index in [9.17, 15) is 0 Å². The van der Waals surface area contributed by atoms with Gasteiger partial charge in [0.2, 0.25) is 0 Å². The van der Waals surface area contributed by atoms with Crippen molar-refractivity contribution >= 4 is 0 Å². The lowest BCUT2D eigenvalue weighted by Crippen LogP contribution is -2.37. The van der Waals surface area contributed by atoms with E-state index in [4.69, 9.17) is 4.74 Å². The van der Waals surface area contributed by atoms with Crippen LogP contribution in [0.5, 0.6) is 0 Å². The number of hydrogen-bond acceptors (Lipinski definition) is 2. The quantitative estimate of drug-likeness (QED) is 0.583. The maximum Gasteiger partial charge on any atom is 0.112 e. The zero-order chi connectivity index (χ0) is 8.10. The molecule has 1 aliphatic rings. The maximum absolute atomic E-state index is 5.23. The van der Waals surface area contributed by atoms with Crippen LogP contribution in [0.4, 0.5) is 0 Å². The molecule has 0 aliphatic carbocycles. The fraction of sp³-hybridized carbons (Fsp3) is 1.00. The molecule has 0 aromatic carbocycles. The molecular formula is C8H17N2O. The van der Waals surface area contributed by atoms with Gasteiger partial charge >= 0.3 is 0 Å². The minimum atomic E-state index is 0.604. The number of nitrogens with zero attached hydrogens (tertiary/aromatic N) is 2. The molecule has 1 radical (unpaired) electrons. The first-order chi connectivity index (χ1) is 5.33. The predicted octanol–water partition coefficient (Wildman–Crippen LogP) is 0.146. The van der Waals surface area contributed by atoms with E-state index in [1.165, 1.54) is 0 Å². The van der Waals surface area contributed by atoms with E-state index < -0.39 is 0 Å². The smallest absolute Gasteiger partial charge is 0.112 e. The van der Waals surface area contributed by atoms with E-state index in [-0.39, 0.29) is 0 Å². The first kappa shape index (κ1) is 8.97. The van der Waals surface area contributed by atoms with Crippen molar-refractivity contribution in [2.45, 2.75) is 6.92 Å². The third-order valence-corrected chi connectivity index (χ3v) is 2.03. The van der Waals surface area contributed by atoms with Gasteiger partial charge in [0.05, 0.1) is 6.61 Å². The van der Waals surface area contributed by atoms with Crippen molar-refractivity contribution < 1.29 is 4.74 Å². The molecule has 0 aromatic heterocycles. The molecule has 0 saturated carbocycles. The minimum Gasteiger partial charge on any atom is -0.364 e. The molecule has 65 valence electrons. The Morgan fingerprint density at radius 1 is 1.64 bits per heavy atom. The molecular weight excluding hydrogens is 140 g/mol. The third kappa shape index (κ3) is 3.18. The highest BCUT2D eigenvalue weighted by Gasteiger charge is 2.14. The molecule has 3 heteroatoms. The van der Waals surface area contributed by atoms with E-state index in [2.05, 4.69) is 24.2 Å². The van der Waals surface area contributed by atoms with Crippen LogP contribution in [0.2, 0.25) is 0 Å². The Balaban J connectivity index is 2.13. The van der Waals surface area contributed by atoms with Crippen LogP contribution in [0.1, 0.15) is 6.92 Å². The van der Waals surface area contributed by atoms with E-state index in [0.29, 0.717) is 12.6 Å². The summed E-state index contributed by atoms with van der Waals surface area (Å²) in [6.07, 6.45) is 0. The number of hydrogen-bond donors (Lipinski definition) is 0. The molecule has 1 aliphatic heterocycles. The average molecular weight is 157 g/mol. The molecule has 3 nitrogen and oxygen atoms in total. The normalized spacial score (nSPS) is 25.9. The Morgan fingerprint density at radius 3 is 3.00 bits per heavy atom. The van der Waals surface area contributed by atoms with Crippen molar-refractivity contribution in [2.24, 2.45) is 5.92 Å². The van der Waals surface area contributed by atoms with Gasteiger partial charge in [-0.15, -0.1) is 0 Å². The summed E-state index contributed by atoms with van der Waals surface area (Å²) in [4.78, 5) is 2.30. The van der Waals surface area contributed by atoms with Gasteiger partial charge in [0.15, 0.2) is 0 Å². The molecule has 0 aromatic rings. The zero-order valence-electron chi connectivity index (χ0n) is 7.42. The Labute approximate surface area is 68.7 Å². The summed E-state index contributed by atoms with van der Waals surface area (Å²) < 4.78 is 5.23. The van der Waals surface area contributed by atoms with E-state index in [1.54, 1.807) is 0 Å². The molecule has 0 amide bonds. The highest BCUT2D eigenvalue weighted by Crippen LogP contribution is 2.03. The first-order valence-electron chi connectivity index (χ1n) is 4.22. The fourth-order valence-corrected chi connectivity index (χ4v) is 1.25. The molecule has 1 heterocycles. The van der Waals surface area contributed by atoms with Crippen LogP contribution >= 0.6 is 0 Å². The van der Waals surface area contributed by atoms with Crippen LogP contribution < -0.4 is 5.32 Å². The van der Waals surface area contributed by atoms with Gasteiger partial charge in [0, 0.05) is 19.0 Å². The van der Waals surface area contributed by atoms with Crippen LogP contribution in [0.15, 0.2) is 0 Å². The minimum absolute atomic E-state index is 0.604. The van der Waals surface area contributed by atoms with Gasteiger partial charge in [-0.2, -0.15) is 0 Å². The third-order valence-electron chi connectivity index (χ3n) is 2.03. The van der Waals surface area contributed by atoms with Gasteiger partial charge in [0.1, 0.15) is 6.73 Å². The molecule has 1 saturated heterocycles. The molecule has 1 unspecified atom stereocenters. The second kappa shape index (κ2) is 4.70. The van der Waals surface area contributed by atoms with Gasteiger partial charge in [-0.25, -0.2) is 5.32 Å². The summed E-state index contributed by atoms with van der Waals surface area (Å²) >= 11 is 0. The first-order valence-corrected chi connectivity index (χ1v) is 4.22. The average Bonchev–Trinajstić information content (AvgIpc) is 2.06. The Hall–Kier alpha value is -0.120. The summed E-state index contributed by atoms with van der Waals surface area (Å²) in [5.41, 5.74) is 0. The van der Waals surface area contributed by atoms with Gasteiger partial charge in [0.25, 0.3) is 0 Å². The van der Waals surface area contributed by atoms with E-state index in [0.717, 1.165) is 26.2 Å². The van der Waals surface area contributed by atoms with Gasteiger partial charge in [-0.05, 0) is 13.6 Å². The molecule has 11 heavy (non-hydrogen) atoms. The Kier molecular flexibility index (Phi) is 3.83. The van der Waals surface area contributed by atoms with Crippen molar-refractivity contribution in [3.8, 4) is 0 Å². The molecule has 0 N–H and O–H groups in total. The topological polar surface area (TPSA) is 26.6 Å². The lowest BCUT2D eigenvalue weighted by atomic mass is 10.1. The van der Waals surface area contributed by atoms with Crippen molar-refractivity contribution in [1.82, 2.24) is 10.2 Å². The van der Waals surface area contributed by atoms with Gasteiger partial charge in [-0.3, -0.25) is 0 Å². The van der Waals surface area contributed by atoms with Crippen molar-refractivity contribution in [2.75, 3.05) is 40.0 Å². The second-order valence-electron chi connectivity index (χ2n) is 3.13. The van der Waals surface area contributed by atoms with Gasteiger partial charge in [-0.1, -0.05) is 6.92 Å². The summed E-state index contributed by atoms with van der Waals surface area (Å²) in [5, 5.41) is 4.20. The second-order valence-corrected chi connectivity index (χ2v) is 3.13. The van der Waals surface area contributed by atoms with Crippen LogP contribution in [0.3, 0.4) is 0 Å². The van der Waals surface area contributed by atoms with Crippen LogP contribution in [-0.4, -0.2) is 44.9 Å². The van der Waals surface area contributed by atoms with Crippen LogP contribution in [0.25, 0.3) is 0 Å². The Bertz CT molecular complexity index is 102. The number of rotatable bonds is 3. The molecule has 1 rings (SSSR count). The van der Waals surface area contributed by atoms with Crippen molar-refractivity contribution in [1.29, 1.82) is 0 Å². The van der Waals surface area contributed by atoms with E-state index in [1.807, 2.05) is 0 Å². The maximum atomic E-state index is 5.23. The molecule has 0 bridgehead atoms. The lowest BCUT2D eigenvalue weighted by Gasteiger charge is -2.25. The molecule has 1 fully saturated rings. The predicted molar refractivity (Wildman–Crippen MR) is 44.5 cm³/mol. The zero-order valence-corrected chi connectivity index (χ0v) is 7.42. The Morgan fingerprint density at radius 2 is 2.45 bits per heavy atom. The molecule has 0 spiro atoms. The van der Waals surface area contributed by atoms with Crippen LogP contribution in [-0.2, 0) is 4.74 Å². The fourth-order valence-electron chi connectivity index (χ4n) is 1.25. The molecule has 1 atom stereocenters. The summed E-state index contributed by atoms with van der Waals surface area (Å²) in [6, 6.07) is 0. The van der Waals surface area contributed by atoms with Crippen molar-refractivity contribution in [3.63, 3.8) is 0 Å². The summed E-state index contributed by atoms with van der Waals surface area (Å²) in [5.74, 6) is 0.619. The lowest BCUT2D eigenvalue weighted by molar-refractivity contribution is 0.0326. The van der Waals surface area contributed by atoms with E-state index >= 15 is 0 Å². The summed E-state index contributed by atoms with van der Waals surface area (Å²) in [6.45, 7) is 6.85. The van der Waals surface area contributed by atoms with Crippen molar-refractivity contribution in [3.05, 3.63) is 0 Å². The van der Waals surface area contributed by atoms with Crippen LogP contribution in [0, 0.1) is 5.92 Å². The monoisotopic (exact) mass is 157 g/mol. The standard InChI is InChI=1S/C8H17N2O/c1-3-10(2)5-8-4-9-7-11-6-8/h8H,3-7H2,1-2H3. The SMILES string of the molecule is CCN(C)CC1C[N]COC1. The highest BCUT2D eigenvalue weighted by molar-refractivity contribution is 4.67. The largest absolute Gasteiger partial charge is 0.364 e. The summed E-state index contributed by atoms with van der Waals surface area (Å²) in [7, 11) is 2.13. The van der Waals surface area contributed by atoms with Gasteiger partial charge < -0.3 is 9.64 Å². The number of ether oxygens (including phenoxy) is 1. The highest BCUT2D eigenvalue weighted by atomic mass is 16.5.